The first kappa shape index (κ1) is 25.3. The number of aromatic nitrogens is 6. The zero-order valence-electron chi connectivity index (χ0n) is 20.4. The Hall–Kier alpha value is -4.33. The molecule has 1 fully saturated rings. The Morgan fingerprint density at radius 3 is 2.55 bits per heavy atom. The Kier molecular flexibility index (Phi) is 6.34. The van der Waals surface area contributed by atoms with Gasteiger partial charge >= 0.3 is 6.18 Å². The number of nitrogen functional groups attached to an aromatic ring is 1. The third-order valence-corrected chi connectivity index (χ3v) is 6.41. The maximum Gasteiger partial charge on any atom is 0.419 e. The van der Waals surface area contributed by atoms with Crippen molar-refractivity contribution in [2.75, 3.05) is 36.1 Å². The lowest BCUT2D eigenvalue weighted by atomic mass is 10.0. The van der Waals surface area contributed by atoms with Crippen molar-refractivity contribution >= 4 is 23.4 Å². The van der Waals surface area contributed by atoms with E-state index < -0.39 is 17.6 Å². The van der Waals surface area contributed by atoms with Gasteiger partial charge in [-0.2, -0.15) is 18.2 Å². The second-order valence-electron chi connectivity index (χ2n) is 8.78. The van der Waals surface area contributed by atoms with Gasteiger partial charge in [-0.15, -0.1) is 5.10 Å². The van der Waals surface area contributed by atoms with Crippen molar-refractivity contribution in [3.05, 3.63) is 54.6 Å². The molecule has 1 aromatic carbocycles. The van der Waals surface area contributed by atoms with E-state index in [0.29, 0.717) is 34.5 Å². The van der Waals surface area contributed by atoms with Crippen LogP contribution in [0, 0.1) is 5.82 Å². The number of nitrogens with two attached hydrogens (primary N) is 1. The number of benzene rings is 1. The van der Waals surface area contributed by atoms with E-state index in [9.17, 15) is 17.6 Å². The van der Waals surface area contributed by atoms with Gasteiger partial charge in [0.05, 0.1) is 12.2 Å². The quantitative estimate of drug-likeness (QED) is 0.358. The van der Waals surface area contributed by atoms with E-state index in [1.54, 1.807) is 37.4 Å². The first-order valence-corrected chi connectivity index (χ1v) is 11.5. The lowest BCUT2D eigenvalue weighted by Gasteiger charge is -2.30. The highest BCUT2D eigenvalue weighted by Crippen LogP contribution is 2.41. The van der Waals surface area contributed by atoms with E-state index in [-0.39, 0.29) is 31.0 Å². The van der Waals surface area contributed by atoms with Gasteiger partial charge in [0, 0.05) is 56.3 Å². The number of hydrogen-bond donors (Lipinski definition) is 2. The summed E-state index contributed by atoms with van der Waals surface area (Å²) >= 11 is 0. The van der Waals surface area contributed by atoms with Crippen LogP contribution < -0.4 is 16.0 Å². The molecule has 1 aliphatic rings. The minimum Gasteiger partial charge on any atom is -0.368 e. The molecule has 3 aromatic heterocycles. The van der Waals surface area contributed by atoms with Gasteiger partial charge in [0.25, 0.3) is 0 Å². The average molecular weight is 530 g/mol. The maximum absolute atomic E-state index is 14.8. The molecule has 14 heteroatoms. The Bertz CT molecular complexity index is 1460. The van der Waals surface area contributed by atoms with Gasteiger partial charge in [0.15, 0.2) is 11.4 Å². The number of pyridine rings is 1. The Morgan fingerprint density at radius 2 is 1.92 bits per heavy atom. The monoisotopic (exact) mass is 529 g/mol. The molecule has 1 aliphatic heterocycles. The smallest absolute Gasteiger partial charge is 0.368 e. The lowest BCUT2D eigenvalue weighted by molar-refractivity contribution is -0.260. The summed E-state index contributed by atoms with van der Waals surface area (Å²) in [6.45, 7) is -0.176. The van der Waals surface area contributed by atoms with E-state index in [0.717, 1.165) is 7.11 Å². The fraction of sp³-hybridized carbons (Fsp3) is 0.292. The number of rotatable bonds is 6. The van der Waals surface area contributed by atoms with E-state index >= 15 is 0 Å². The van der Waals surface area contributed by atoms with E-state index in [4.69, 9.17) is 10.5 Å². The third kappa shape index (κ3) is 4.69. The average Bonchev–Trinajstić information content (AvgIpc) is 3.49. The fourth-order valence-corrected chi connectivity index (χ4v) is 4.27. The summed E-state index contributed by atoms with van der Waals surface area (Å²) in [5.74, 6) is 0.609. The van der Waals surface area contributed by atoms with Crippen LogP contribution in [0.1, 0.15) is 6.42 Å². The van der Waals surface area contributed by atoms with Crippen molar-refractivity contribution < 1.29 is 22.3 Å². The predicted molar refractivity (Wildman–Crippen MR) is 132 cm³/mol. The number of halogens is 4. The van der Waals surface area contributed by atoms with Crippen molar-refractivity contribution in [1.29, 1.82) is 0 Å². The second kappa shape index (κ2) is 9.52. The highest BCUT2D eigenvalue weighted by Gasteiger charge is 2.59. The molecule has 4 heterocycles. The second-order valence-corrected chi connectivity index (χ2v) is 8.78. The molecule has 4 aromatic rings. The SMILES string of the molecule is COC1(C(F)(F)F)CCN(c2ccc(-c3nc(Nc4ccc(-c5ccnc(N)n5)c(F)c4)n(C)n3)cn2)C1. The van der Waals surface area contributed by atoms with Crippen molar-refractivity contribution in [3.63, 3.8) is 0 Å². The molecule has 1 unspecified atom stereocenters. The molecule has 0 spiro atoms. The van der Waals surface area contributed by atoms with E-state index in [2.05, 4.69) is 30.4 Å². The first-order chi connectivity index (χ1) is 18.1. The highest BCUT2D eigenvalue weighted by molar-refractivity contribution is 5.66. The van der Waals surface area contributed by atoms with Crippen LogP contribution in [-0.4, -0.2) is 61.7 Å². The van der Waals surface area contributed by atoms with Crippen LogP contribution in [0.5, 0.6) is 0 Å². The molecule has 1 atom stereocenters. The molecule has 0 aliphatic carbocycles. The number of nitrogens with zero attached hydrogens (tertiary/aromatic N) is 7. The van der Waals surface area contributed by atoms with Crippen LogP contribution in [0.25, 0.3) is 22.6 Å². The number of hydrogen-bond acceptors (Lipinski definition) is 9. The third-order valence-electron chi connectivity index (χ3n) is 6.41. The molecule has 1 saturated heterocycles. The number of alkyl halides is 3. The topological polar surface area (TPSA) is 120 Å². The fourth-order valence-electron chi connectivity index (χ4n) is 4.27. The number of nitrogens with one attached hydrogen (secondary N) is 1. The van der Waals surface area contributed by atoms with Gasteiger partial charge < -0.3 is 20.7 Å². The molecule has 10 nitrogen and oxygen atoms in total. The Morgan fingerprint density at radius 1 is 1.11 bits per heavy atom. The predicted octanol–water partition coefficient (Wildman–Crippen LogP) is 3.96. The van der Waals surface area contributed by atoms with Crippen molar-refractivity contribution in [2.45, 2.75) is 18.2 Å². The van der Waals surface area contributed by atoms with Crippen LogP contribution in [0.15, 0.2) is 48.8 Å². The molecule has 0 bridgehead atoms. The van der Waals surface area contributed by atoms with Gasteiger partial charge in [0.2, 0.25) is 11.9 Å². The molecule has 0 amide bonds. The summed E-state index contributed by atoms with van der Waals surface area (Å²) in [5, 5.41) is 7.39. The molecule has 3 N–H and O–H groups in total. The molecule has 5 rings (SSSR count). The van der Waals surface area contributed by atoms with Gasteiger partial charge in [-0.1, -0.05) is 0 Å². The number of anilines is 4. The summed E-state index contributed by atoms with van der Waals surface area (Å²) in [7, 11) is 2.74. The van der Waals surface area contributed by atoms with Crippen LogP contribution in [-0.2, 0) is 11.8 Å². The first-order valence-electron chi connectivity index (χ1n) is 11.5. The minimum atomic E-state index is -4.48. The summed E-state index contributed by atoms with van der Waals surface area (Å²) < 4.78 is 61.6. The largest absolute Gasteiger partial charge is 0.419 e. The summed E-state index contributed by atoms with van der Waals surface area (Å²) in [6.07, 6.45) is -1.71. The molecule has 198 valence electrons. The van der Waals surface area contributed by atoms with E-state index in [1.165, 1.54) is 28.0 Å². The Balaban J connectivity index is 1.31. The summed E-state index contributed by atoms with van der Waals surface area (Å²) in [6, 6.07) is 9.39. The van der Waals surface area contributed by atoms with Crippen LogP contribution >= 0.6 is 0 Å². The molecular weight excluding hydrogens is 506 g/mol. The van der Waals surface area contributed by atoms with E-state index in [1.807, 2.05) is 0 Å². The molecule has 0 saturated carbocycles. The van der Waals surface area contributed by atoms with Gasteiger partial charge in [-0.05, 0) is 36.4 Å². The lowest BCUT2D eigenvalue weighted by Crippen LogP contribution is -2.49. The molecule has 0 radical (unpaired) electrons. The maximum atomic E-state index is 14.8. The number of methoxy groups -OCH3 is 1. The van der Waals surface area contributed by atoms with Gasteiger partial charge in [-0.25, -0.2) is 24.0 Å². The van der Waals surface area contributed by atoms with Gasteiger partial charge in [0.1, 0.15) is 11.6 Å². The van der Waals surface area contributed by atoms with Crippen molar-refractivity contribution in [2.24, 2.45) is 7.05 Å². The molecule has 38 heavy (non-hydrogen) atoms. The summed E-state index contributed by atoms with van der Waals surface area (Å²) in [5.41, 5.74) is 5.00. The zero-order valence-corrected chi connectivity index (χ0v) is 20.4. The van der Waals surface area contributed by atoms with Crippen molar-refractivity contribution in [3.8, 4) is 22.6 Å². The van der Waals surface area contributed by atoms with Crippen LogP contribution in [0.2, 0.25) is 0 Å². The van der Waals surface area contributed by atoms with Gasteiger partial charge in [-0.3, -0.25) is 0 Å². The standard InChI is InChI=1S/C24H23F4N9O/c1-36-22(32-15-4-5-16(17(25)11-15)18-7-9-30-21(29)33-18)34-20(35-36)14-3-6-19(31-12-14)37-10-8-23(13-37,38-2)24(26,27)28/h3-7,9,11-12H,8,10,13H2,1-2H3,(H2,29,30,33)(H,32,34,35). The van der Waals surface area contributed by atoms with Crippen LogP contribution in [0.4, 0.5) is 41.0 Å². The Labute approximate surface area is 214 Å². The summed E-state index contributed by atoms with van der Waals surface area (Å²) in [4.78, 5) is 18.2. The highest BCUT2D eigenvalue weighted by atomic mass is 19.4. The zero-order chi connectivity index (χ0) is 27.1. The normalized spacial score (nSPS) is 17.7. The van der Waals surface area contributed by atoms with Crippen LogP contribution in [0.3, 0.4) is 0 Å². The van der Waals surface area contributed by atoms with Crippen molar-refractivity contribution in [1.82, 2.24) is 29.7 Å². The minimum absolute atomic E-state index is 0.0445. The number of ether oxygens (including phenoxy) is 1. The number of aryl methyl sites for hydroxylation is 1. The molecular formula is C24H23F4N9O.